The summed E-state index contributed by atoms with van der Waals surface area (Å²) in [6.07, 6.45) is 0. The fourth-order valence-electron chi connectivity index (χ4n) is 1.05. The fourth-order valence-corrected chi connectivity index (χ4v) is 1.12. The second-order valence-electron chi connectivity index (χ2n) is 3.18. The highest BCUT2D eigenvalue weighted by Crippen LogP contribution is 2.05. The molecule has 1 aromatic rings. The van der Waals surface area contributed by atoms with Gasteiger partial charge in [0.05, 0.1) is 23.5 Å². The molecule has 5 heteroatoms. The Labute approximate surface area is 93.4 Å². The predicted molar refractivity (Wildman–Crippen MR) is 58.8 cm³/mol. The molecule has 80 valence electrons. The molecule has 0 aliphatic carbocycles. The van der Waals surface area contributed by atoms with Crippen LogP contribution in [0.3, 0.4) is 0 Å². The molecule has 0 spiro atoms. The number of carbonyl (C=O) groups is 1. The van der Waals surface area contributed by atoms with Crippen LogP contribution in [0.15, 0.2) is 17.7 Å². The molecule has 0 saturated heterocycles. The first-order valence-electron chi connectivity index (χ1n) is 4.43. The van der Waals surface area contributed by atoms with Gasteiger partial charge in [0.15, 0.2) is 0 Å². The lowest BCUT2D eigenvalue weighted by atomic mass is 10.2. The molecule has 0 unspecified atom stereocenters. The van der Waals surface area contributed by atoms with Crippen LogP contribution in [0, 0.1) is 13.8 Å². The number of nitrogens with zero attached hydrogens (tertiary/aromatic N) is 2. The number of amides is 1. The summed E-state index contributed by atoms with van der Waals surface area (Å²) in [5.74, 6) is -0.215. The maximum absolute atomic E-state index is 11.6. The molecule has 1 N–H and O–H groups in total. The minimum absolute atomic E-state index is 0.215. The second kappa shape index (κ2) is 4.89. The molecular weight excluding hydrogens is 214 g/mol. The summed E-state index contributed by atoms with van der Waals surface area (Å²) in [6.45, 7) is 7.25. The van der Waals surface area contributed by atoms with Crippen LogP contribution in [0.1, 0.15) is 21.7 Å². The van der Waals surface area contributed by atoms with E-state index in [0.717, 1.165) is 0 Å². The van der Waals surface area contributed by atoms with Crippen molar-refractivity contribution in [3.05, 3.63) is 34.6 Å². The molecule has 0 aliphatic rings. The Balaban J connectivity index is 2.81. The van der Waals surface area contributed by atoms with Crippen molar-refractivity contribution < 1.29 is 4.79 Å². The number of hydrogen-bond acceptors (Lipinski definition) is 3. The van der Waals surface area contributed by atoms with Gasteiger partial charge in [-0.15, -0.1) is 0 Å². The van der Waals surface area contributed by atoms with Gasteiger partial charge in [-0.3, -0.25) is 4.79 Å². The van der Waals surface area contributed by atoms with Crippen LogP contribution in [-0.4, -0.2) is 22.6 Å². The molecule has 1 amide bonds. The van der Waals surface area contributed by atoms with Crippen LogP contribution in [0.5, 0.6) is 0 Å². The van der Waals surface area contributed by atoms with Crippen molar-refractivity contribution in [2.75, 3.05) is 6.54 Å². The van der Waals surface area contributed by atoms with Gasteiger partial charge < -0.3 is 5.32 Å². The van der Waals surface area contributed by atoms with Gasteiger partial charge in [0.25, 0.3) is 5.91 Å². The van der Waals surface area contributed by atoms with Crippen molar-refractivity contribution in [2.24, 2.45) is 0 Å². The van der Waals surface area contributed by atoms with Crippen LogP contribution in [-0.2, 0) is 0 Å². The summed E-state index contributed by atoms with van der Waals surface area (Å²) >= 11 is 5.54. The van der Waals surface area contributed by atoms with E-state index in [0.29, 0.717) is 22.0 Å². The molecule has 1 heterocycles. The molecule has 0 aromatic carbocycles. The lowest BCUT2D eigenvalue weighted by Gasteiger charge is -2.06. The van der Waals surface area contributed by atoms with Crippen LogP contribution < -0.4 is 5.32 Å². The van der Waals surface area contributed by atoms with E-state index in [1.54, 1.807) is 19.9 Å². The molecule has 0 fully saturated rings. The highest BCUT2D eigenvalue weighted by Gasteiger charge is 2.10. The summed E-state index contributed by atoms with van der Waals surface area (Å²) < 4.78 is 0. The molecule has 15 heavy (non-hydrogen) atoms. The molecule has 0 radical (unpaired) electrons. The van der Waals surface area contributed by atoms with Crippen LogP contribution in [0.2, 0.25) is 0 Å². The topological polar surface area (TPSA) is 54.9 Å². The standard InChI is InChI=1S/C10H12ClN3O/c1-6(11)5-12-10(15)9-4-7(2)13-14-8(9)3/h4H,1,5H2,2-3H3,(H,12,15). The van der Waals surface area contributed by atoms with E-state index in [1.165, 1.54) is 0 Å². The second-order valence-corrected chi connectivity index (χ2v) is 3.72. The fraction of sp³-hybridized carbons (Fsp3) is 0.300. The van der Waals surface area contributed by atoms with Gasteiger partial charge in [-0.1, -0.05) is 18.2 Å². The highest BCUT2D eigenvalue weighted by atomic mass is 35.5. The molecule has 0 saturated carbocycles. The quantitative estimate of drug-likeness (QED) is 0.850. The van der Waals surface area contributed by atoms with Crippen molar-refractivity contribution >= 4 is 17.5 Å². The largest absolute Gasteiger partial charge is 0.347 e. The smallest absolute Gasteiger partial charge is 0.253 e. The maximum Gasteiger partial charge on any atom is 0.253 e. The van der Waals surface area contributed by atoms with E-state index < -0.39 is 0 Å². The number of aromatic nitrogens is 2. The average molecular weight is 226 g/mol. The Hall–Kier alpha value is -1.42. The van der Waals surface area contributed by atoms with Gasteiger partial charge in [0.1, 0.15) is 0 Å². The third-order valence-electron chi connectivity index (χ3n) is 1.79. The maximum atomic E-state index is 11.6. The zero-order chi connectivity index (χ0) is 11.4. The number of nitrogens with one attached hydrogen (secondary N) is 1. The molecule has 0 atom stereocenters. The van der Waals surface area contributed by atoms with E-state index in [2.05, 4.69) is 22.1 Å². The number of carbonyl (C=O) groups excluding carboxylic acids is 1. The number of aryl methyl sites for hydroxylation is 2. The van der Waals surface area contributed by atoms with E-state index in [9.17, 15) is 4.79 Å². The molecule has 0 bridgehead atoms. The first kappa shape index (κ1) is 11.7. The minimum Gasteiger partial charge on any atom is -0.347 e. The molecule has 0 aliphatic heterocycles. The van der Waals surface area contributed by atoms with Crippen LogP contribution in [0.25, 0.3) is 0 Å². The normalized spacial score (nSPS) is 9.80. The molecule has 1 aromatic heterocycles. The number of hydrogen-bond donors (Lipinski definition) is 1. The Bertz CT molecular complexity index is 404. The van der Waals surface area contributed by atoms with Gasteiger partial charge in [0, 0.05) is 5.03 Å². The highest BCUT2D eigenvalue weighted by molar-refractivity contribution is 6.29. The van der Waals surface area contributed by atoms with Crippen molar-refractivity contribution in [3.63, 3.8) is 0 Å². The van der Waals surface area contributed by atoms with E-state index >= 15 is 0 Å². The average Bonchev–Trinajstić information content (AvgIpc) is 2.18. The van der Waals surface area contributed by atoms with Gasteiger partial charge in [-0.05, 0) is 19.9 Å². The first-order valence-corrected chi connectivity index (χ1v) is 4.81. The van der Waals surface area contributed by atoms with Gasteiger partial charge in [0.2, 0.25) is 0 Å². The Kier molecular flexibility index (Phi) is 3.80. The van der Waals surface area contributed by atoms with E-state index in [1.807, 2.05) is 0 Å². The van der Waals surface area contributed by atoms with Crippen molar-refractivity contribution in [1.29, 1.82) is 0 Å². The zero-order valence-corrected chi connectivity index (χ0v) is 9.43. The summed E-state index contributed by atoms with van der Waals surface area (Å²) in [7, 11) is 0. The summed E-state index contributed by atoms with van der Waals surface area (Å²) in [5.41, 5.74) is 1.81. The van der Waals surface area contributed by atoms with Gasteiger partial charge in [-0.25, -0.2) is 0 Å². The van der Waals surface area contributed by atoms with Crippen molar-refractivity contribution in [1.82, 2.24) is 15.5 Å². The summed E-state index contributed by atoms with van der Waals surface area (Å²) in [4.78, 5) is 11.6. The third-order valence-corrected chi connectivity index (χ3v) is 1.92. The number of halogens is 1. The van der Waals surface area contributed by atoms with Gasteiger partial charge >= 0.3 is 0 Å². The summed E-state index contributed by atoms with van der Waals surface area (Å²) in [5, 5.41) is 10.7. The Morgan fingerprint density at radius 3 is 2.80 bits per heavy atom. The van der Waals surface area contributed by atoms with Crippen LogP contribution in [0.4, 0.5) is 0 Å². The number of rotatable bonds is 3. The Morgan fingerprint density at radius 2 is 2.20 bits per heavy atom. The van der Waals surface area contributed by atoms with Crippen LogP contribution >= 0.6 is 11.6 Å². The molecule has 1 rings (SSSR count). The molecular formula is C10H12ClN3O. The van der Waals surface area contributed by atoms with E-state index in [-0.39, 0.29) is 12.5 Å². The SMILES string of the molecule is C=C(Cl)CNC(=O)c1cc(C)nnc1C. The first-order chi connectivity index (χ1) is 7.00. The van der Waals surface area contributed by atoms with Gasteiger partial charge in [-0.2, -0.15) is 10.2 Å². The third kappa shape index (κ3) is 3.32. The Morgan fingerprint density at radius 1 is 1.53 bits per heavy atom. The summed E-state index contributed by atoms with van der Waals surface area (Å²) in [6, 6.07) is 1.69. The zero-order valence-electron chi connectivity index (χ0n) is 8.67. The minimum atomic E-state index is -0.215. The van der Waals surface area contributed by atoms with Crippen molar-refractivity contribution in [2.45, 2.75) is 13.8 Å². The lowest BCUT2D eigenvalue weighted by Crippen LogP contribution is -2.25. The van der Waals surface area contributed by atoms with E-state index in [4.69, 9.17) is 11.6 Å². The molecule has 4 nitrogen and oxygen atoms in total. The monoisotopic (exact) mass is 225 g/mol. The van der Waals surface area contributed by atoms with Crippen molar-refractivity contribution in [3.8, 4) is 0 Å². The lowest BCUT2D eigenvalue weighted by molar-refractivity contribution is 0.0956. The predicted octanol–water partition coefficient (Wildman–Crippen LogP) is 1.58.